The molecule has 51 heavy (non-hydrogen) atoms. The molecular weight excluding hydrogens is 650 g/mol. The number of likely N-dealkylation sites (tertiary alicyclic amines) is 1. The first-order chi connectivity index (χ1) is 24.4. The van der Waals surface area contributed by atoms with E-state index in [1.165, 1.54) is 0 Å². The summed E-state index contributed by atoms with van der Waals surface area (Å²) < 4.78 is 16.8. The molecule has 11 heteroatoms. The Kier molecular flexibility index (Phi) is 10.7. The summed E-state index contributed by atoms with van der Waals surface area (Å²) in [5, 5.41) is 9.19. The van der Waals surface area contributed by atoms with Gasteiger partial charge in [-0.3, -0.25) is 14.4 Å². The fourth-order valence-corrected chi connectivity index (χ4v) is 7.01. The predicted octanol–water partition coefficient (Wildman–Crippen LogP) is 6.28. The van der Waals surface area contributed by atoms with Crippen molar-refractivity contribution < 1.29 is 38.5 Å². The van der Waals surface area contributed by atoms with Gasteiger partial charge < -0.3 is 34.0 Å². The molecule has 0 unspecified atom stereocenters. The number of benzene rings is 3. The second kappa shape index (κ2) is 15.1. The first-order valence-corrected chi connectivity index (χ1v) is 17.7. The molecule has 2 aliphatic heterocycles. The van der Waals surface area contributed by atoms with Gasteiger partial charge in [-0.25, -0.2) is 4.79 Å². The van der Waals surface area contributed by atoms with Gasteiger partial charge in [0.1, 0.15) is 11.4 Å². The van der Waals surface area contributed by atoms with Crippen LogP contribution in [0.25, 0.3) is 11.1 Å². The van der Waals surface area contributed by atoms with E-state index in [9.17, 15) is 24.3 Å². The molecular formula is C40H47N3O8. The minimum atomic E-state index is -0.880. The molecule has 3 aromatic rings. The maximum absolute atomic E-state index is 15.0. The normalized spacial score (nSPS) is 18.9. The molecule has 0 aromatic heterocycles. The molecule has 0 bridgehead atoms. The highest BCUT2D eigenvalue weighted by atomic mass is 16.6. The van der Waals surface area contributed by atoms with Crippen molar-refractivity contribution in [2.75, 3.05) is 49.8 Å². The second-order valence-corrected chi connectivity index (χ2v) is 14.6. The summed E-state index contributed by atoms with van der Waals surface area (Å²) in [4.78, 5) is 57.7. The van der Waals surface area contributed by atoms with Crippen molar-refractivity contribution in [2.24, 2.45) is 5.92 Å². The van der Waals surface area contributed by atoms with Crippen LogP contribution in [0, 0.1) is 5.92 Å². The fourth-order valence-electron chi connectivity index (χ4n) is 7.01. The lowest BCUT2D eigenvalue weighted by Crippen LogP contribution is -2.51. The van der Waals surface area contributed by atoms with E-state index in [0.29, 0.717) is 49.7 Å². The number of nitrogens with zero attached hydrogens (tertiary/aromatic N) is 3. The van der Waals surface area contributed by atoms with Gasteiger partial charge in [0.15, 0.2) is 6.61 Å². The van der Waals surface area contributed by atoms with Crippen molar-refractivity contribution in [2.45, 2.75) is 70.4 Å². The Balaban J connectivity index is 1.33. The Morgan fingerprint density at radius 3 is 2.43 bits per heavy atom. The smallest absolute Gasteiger partial charge is 0.410 e. The van der Waals surface area contributed by atoms with Gasteiger partial charge in [0.25, 0.3) is 5.91 Å². The van der Waals surface area contributed by atoms with E-state index in [1.807, 2.05) is 86.3 Å². The number of hydrogen-bond acceptors (Lipinski definition) is 7. The van der Waals surface area contributed by atoms with Crippen LogP contribution in [0.4, 0.5) is 16.2 Å². The van der Waals surface area contributed by atoms with Crippen molar-refractivity contribution in [3.05, 3.63) is 77.9 Å². The third-order valence-electron chi connectivity index (χ3n) is 9.58. The fraction of sp³-hybridized carbons (Fsp3) is 0.450. The van der Waals surface area contributed by atoms with Crippen LogP contribution >= 0.6 is 0 Å². The molecule has 6 rings (SSSR count). The SMILES string of the molecule is COCCCN1C(=O)COc2ccc(N(C(=O)[C@H]3CN(C(=O)OC(C)(C)C)CC[C@@H]3c3cccc(-c4ccc(CC(=O)O)cc4)c3)C3CC3)cc21. The lowest BCUT2D eigenvalue weighted by molar-refractivity contribution is -0.136. The highest BCUT2D eigenvalue weighted by Crippen LogP contribution is 2.43. The Morgan fingerprint density at radius 2 is 1.75 bits per heavy atom. The molecule has 0 radical (unpaired) electrons. The molecule has 1 saturated heterocycles. The van der Waals surface area contributed by atoms with Crippen LogP contribution in [0.5, 0.6) is 5.75 Å². The maximum atomic E-state index is 15.0. The molecule has 3 aliphatic rings. The number of hydrogen-bond donors (Lipinski definition) is 1. The molecule has 3 aromatic carbocycles. The molecule has 270 valence electrons. The number of aliphatic carboxylic acids is 1. The van der Waals surface area contributed by atoms with E-state index in [1.54, 1.807) is 16.9 Å². The van der Waals surface area contributed by atoms with Crippen LogP contribution in [0.2, 0.25) is 0 Å². The van der Waals surface area contributed by atoms with Crippen molar-refractivity contribution in [1.82, 2.24) is 4.90 Å². The summed E-state index contributed by atoms with van der Waals surface area (Å²) in [6, 6.07) is 21.2. The lowest BCUT2D eigenvalue weighted by Gasteiger charge is -2.41. The number of anilines is 2. The average molecular weight is 698 g/mol. The van der Waals surface area contributed by atoms with Crippen molar-refractivity contribution >= 4 is 35.3 Å². The Bertz CT molecular complexity index is 1760. The number of methoxy groups -OCH3 is 1. The van der Waals surface area contributed by atoms with Gasteiger partial charge >= 0.3 is 12.1 Å². The maximum Gasteiger partial charge on any atom is 0.410 e. The minimum absolute atomic E-state index is 0.00547. The van der Waals surface area contributed by atoms with Crippen LogP contribution in [0.3, 0.4) is 0 Å². The predicted molar refractivity (Wildman–Crippen MR) is 193 cm³/mol. The molecule has 3 amide bonds. The minimum Gasteiger partial charge on any atom is -0.482 e. The quantitative estimate of drug-likeness (QED) is 0.232. The molecule has 2 fully saturated rings. The van der Waals surface area contributed by atoms with Crippen molar-refractivity contribution in [1.29, 1.82) is 0 Å². The van der Waals surface area contributed by atoms with Gasteiger partial charge in [0, 0.05) is 45.1 Å². The van der Waals surface area contributed by atoms with Crippen molar-refractivity contribution in [3.8, 4) is 16.9 Å². The van der Waals surface area contributed by atoms with Gasteiger partial charge in [-0.2, -0.15) is 0 Å². The number of carbonyl (C=O) groups is 4. The summed E-state index contributed by atoms with van der Waals surface area (Å²) in [5.41, 5.74) is 4.27. The summed E-state index contributed by atoms with van der Waals surface area (Å²) >= 11 is 0. The Hall–Kier alpha value is -4.90. The molecule has 11 nitrogen and oxygen atoms in total. The highest BCUT2D eigenvalue weighted by Gasteiger charge is 2.44. The zero-order valence-electron chi connectivity index (χ0n) is 29.8. The molecule has 2 atom stereocenters. The summed E-state index contributed by atoms with van der Waals surface area (Å²) in [6.45, 7) is 7.08. The number of carbonyl (C=O) groups excluding carboxylic acids is 3. The van der Waals surface area contributed by atoms with Crippen LogP contribution in [0.1, 0.15) is 63.5 Å². The van der Waals surface area contributed by atoms with E-state index < -0.39 is 23.6 Å². The van der Waals surface area contributed by atoms with Crippen LogP contribution in [-0.4, -0.2) is 85.5 Å². The lowest BCUT2D eigenvalue weighted by atomic mass is 9.78. The zero-order valence-corrected chi connectivity index (χ0v) is 29.8. The number of piperidine rings is 1. The third-order valence-corrected chi connectivity index (χ3v) is 9.58. The number of fused-ring (bicyclic) bond motifs is 1. The number of rotatable bonds is 11. The monoisotopic (exact) mass is 697 g/mol. The standard InChI is InChI=1S/C40H47N3O8/c1-40(2,3)51-39(48)41-19-17-32(29-8-5-7-28(22-29)27-11-9-26(10-12-27)21-37(45)46)33(24-41)38(47)43(30-13-14-30)31-15-16-35-34(23-31)42(18-6-20-49-4)36(44)25-50-35/h5,7-12,15-16,22-23,30,32-33H,6,13-14,17-21,24-25H2,1-4H3,(H,45,46)/t32-,33+/m1/s1. The number of carboxylic acid groups (broad SMARTS) is 1. The third kappa shape index (κ3) is 8.53. The molecule has 1 aliphatic carbocycles. The Morgan fingerprint density at radius 1 is 0.980 bits per heavy atom. The largest absolute Gasteiger partial charge is 0.482 e. The first kappa shape index (κ1) is 35.9. The van der Waals surface area contributed by atoms with Gasteiger partial charge in [-0.15, -0.1) is 0 Å². The number of carboxylic acids is 1. The van der Waals surface area contributed by atoms with E-state index in [4.69, 9.17) is 14.2 Å². The summed E-state index contributed by atoms with van der Waals surface area (Å²) in [5.74, 6) is -1.25. The first-order valence-electron chi connectivity index (χ1n) is 17.7. The van der Waals surface area contributed by atoms with E-state index in [-0.39, 0.29) is 43.3 Å². The van der Waals surface area contributed by atoms with Gasteiger partial charge in [0.2, 0.25) is 5.91 Å². The molecule has 1 saturated carbocycles. The Labute approximate surface area is 299 Å². The van der Waals surface area contributed by atoms with Crippen LogP contribution in [0.15, 0.2) is 66.7 Å². The molecule has 0 spiro atoms. The van der Waals surface area contributed by atoms with Crippen LogP contribution in [-0.2, 0) is 30.3 Å². The van der Waals surface area contributed by atoms with Crippen LogP contribution < -0.4 is 14.5 Å². The van der Waals surface area contributed by atoms with E-state index in [2.05, 4.69) is 6.07 Å². The summed E-state index contributed by atoms with van der Waals surface area (Å²) in [7, 11) is 1.63. The highest BCUT2D eigenvalue weighted by molar-refractivity contribution is 6.01. The average Bonchev–Trinajstić information content (AvgIpc) is 3.94. The van der Waals surface area contributed by atoms with E-state index >= 15 is 0 Å². The number of amides is 3. The van der Waals surface area contributed by atoms with Gasteiger partial charge in [0.05, 0.1) is 18.0 Å². The van der Waals surface area contributed by atoms with Gasteiger partial charge in [-0.05, 0) is 92.8 Å². The van der Waals surface area contributed by atoms with E-state index in [0.717, 1.165) is 35.1 Å². The molecule has 2 heterocycles. The summed E-state index contributed by atoms with van der Waals surface area (Å²) in [6.07, 6.45) is 2.45. The second-order valence-electron chi connectivity index (χ2n) is 14.6. The topological polar surface area (TPSA) is 126 Å². The van der Waals surface area contributed by atoms with Crippen molar-refractivity contribution in [3.63, 3.8) is 0 Å². The molecule has 1 N–H and O–H groups in total. The number of ether oxygens (including phenoxy) is 3. The van der Waals surface area contributed by atoms with Gasteiger partial charge in [-0.1, -0.05) is 48.5 Å². The zero-order chi connectivity index (χ0) is 36.3.